The maximum atomic E-state index is 12.5. The molecule has 1 aliphatic heterocycles. The van der Waals surface area contributed by atoms with Gasteiger partial charge in [-0.3, -0.25) is 4.79 Å². The van der Waals surface area contributed by atoms with Gasteiger partial charge in [-0.1, -0.05) is 13.8 Å². The van der Waals surface area contributed by atoms with Gasteiger partial charge in [0.25, 0.3) is 0 Å². The van der Waals surface area contributed by atoms with Crippen molar-refractivity contribution >= 4 is 11.9 Å². The molecule has 17 heavy (non-hydrogen) atoms. The van der Waals surface area contributed by atoms with Crippen LogP contribution >= 0.6 is 0 Å². The van der Waals surface area contributed by atoms with Crippen LogP contribution in [-0.4, -0.2) is 48.1 Å². The van der Waals surface area contributed by atoms with Crippen molar-refractivity contribution in [3.8, 4) is 0 Å². The molecule has 0 aromatic rings. The molecule has 0 bridgehead atoms. The van der Waals surface area contributed by atoms with Gasteiger partial charge in [-0.05, 0) is 25.8 Å². The van der Waals surface area contributed by atoms with E-state index in [1.165, 1.54) is 11.8 Å². The Morgan fingerprint density at radius 1 is 1.35 bits per heavy atom. The molecule has 1 aliphatic rings. The molecule has 0 saturated carbocycles. The number of carboxylic acid groups (broad SMARTS) is 1. The maximum absolute atomic E-state index is 12.5. The summed E-state index contributed by atoms with van der Waals surface area (Å²) in [5.74, 6) is -0.827. The molecular formula is C12H22N2O3. The van der Waals surface area contributed by atoms with E-state index in [1.54, 1.807) is 7.05 Å². The lowest BCUT2D eigenvalue weighted by Gasteiger charge is -2.36. The second kappa shape index (κ2) is 5.04. The highest BCUT2D eigenvalue weighted by Crippen LogP contribution is 2.36. The van der Waals surface area contributed by atoms with Gasteiger partial charge in [0.05, 0.1) is 5.41 Å². The van der Waals surface area contributed by atoms with Gasteiger partial charge in [0, 0.05) is 13.6 Å². The lowest BCUT2D eigenvalue weighted by atomic mass is 9.75. The predicted molar refractivity (Wildman–Crippen MR) is 64.6 cm³/mol. The van der Waals surface area contributed by atoms with Gasteiger partial charge in [-0.15, -0.1) is 0 Å². The third-order valence-electron chi connectivity index (χ3n) is 3.98. The zero-order valence-corrected chi connectivity index (χ0v) is 11.0. The zero-order valence-electron chi connectivity index (χ0n) is 11.0. The van der Waals surface area contributed by atoms with Crippen LogP contribution in [0.25, 0.3) is 0 Å². The van der Waals surface area contributed by atoms with Crippen LogP contribution < -0.4 is 5.32 Å². The lowest BCUT2D eigenvalue weighted by Crippen LogP contribution is -2.51. The summed E-state index contributed by atoms with van der Waals surface area (Å²) >= 11 is 0. The highest BCUT2D eigenvalue weighted by Gasteiger charge is 2.46. The molecule has 5 nitrogen and oxygen atoms in total. The van der Waals surface area contributed by atoms with E-state index >= 15 is 0 Å². The van der Waals surface area contributed by atoms with Crippen LogP contribution in [0.3, 0.4) is 0 Å². The van der Waals surface area contributed by atoms with E-state index < -0.39 is 17.4 Å². The molecule has 0 radical (unpaired) electrons. The van der Waals surface area contributed by atoms with E-state index in [2.05, 4.69) is 5.32 Å². The number of hydrogen-bond acceptors (Lipinski definition) is 3. The fraction of sp³-hybridized carbons (Fsp3) is 0.833. The van der Waals surface area contributed by atoms with Crippen molar-refractivity contribution < 1.29 is 14.7 Å². The first-order valence-electron chi connectivity index (χ1n) is 6.03. The van der Waals surface area contributed by atoms with Crippen LogP contribution in [0.15, 0.2) is 0 Å². The predicted octanol–water partition coefficient (Wildman–Crippen LogP) is 0.554. The molecule has 1 rings (SSSR count). The summed E-state index contributed by atoms with van der Waals surface area (Å²) in [6, 6.07) is -0.779. The SMILES string of the molecule is CC(C(=O)O)N(C)C(=O)C1(C(C)C)CCNC1. The number of rotatable bonds is 4. The fourth-order valence-corrected chi connectivity index (χ4v) is 2.33. The molecule has 1 amide bonds. The quantitative estimate of drug-likeness (QED) is 0.755. The minimum Gasteiger partial charge on any atom is -0.480 e. The molecule has 98 valence electrons. The van der Waals surface area contributed by atoms with Crippen LogP contribution in [0.5, 0.6) is 0 Å². The van der Waals surface area contributed by atoms with Crippen LogP contribution in [0.1, 0.15) is 27.2 Å². The third-order valence-corrected chi connectivity index (χ3v) is 3.98. The maximum Gasteiger partial charge on any atom is 0.326 e. The minimum absolute atomic E-state index is 0.0626. The van der Waals surface area contributed by atoms with Gasteiger partial charge < -0.3 is 15.3 Å². The molecule has 1 fully saturated rings. The van der Waals surface area contributed by atoms with Gasteiger partial charge >= 0.3 is 5.97 Å². The number of carbonyl (C=O) groups excluding carboxylic acids is 1. The monoisotopic (exact) mass is 242 g/mol. The minimum atomic E-state index is -0.967. The Morgan fingerprint density at radius 3 is 2.29 bits per heavy atom. The van der Waals surface area contributed by atoms with Crippen molar-refractivity contribution in [3.63, 3.8) is 0 Å². The zero-order chi connectivity index (χ0) is 13.2. The summed E-state index contributed by atoms with van der Waals surface area (Å²) in [7, 11) is 1.57. The summed E-state index contributed by atoms with van der Waals surface area (Å²) in [5, 5.41) is 12.2. The van der Waals surface area contributed by atoms with Crippen LogP contribution in [-0.2, 0) is 9.59 Å². The topological polar surface area (TPSA) is 69.6 Å². The number of aliphatic carboxylic acids is 1. The number of carbonyl (C=O) groups is 2. The number of likely N-dealkylation sites (N-methyl/N-ethyl adjacent to an activating group) is 1. The van der Waals surface area contributed by atoms with Gasteiger partial charge in [-0.25, -0.2) is 4.79 Å². The summed E-state index contributed by atoms with van der Waals surface area (Å²) in [5.41, 5.74) is -0.446. The fourth-order valence-electron chi connectivity index (χ4n) is 2.33. The van der Waals surface area contributed by atoms with Crippen molar-refractivity contribution in [2.24, 2.45) is 11.3 Å². The Kier molecular flexibility index (Phi) is 4.14. The molecule has 0 spiro atoms. The van der Waals surface area contributed by atoms with E-state index in [9.17, 15) is 9.59 Å². The number of carboxylic acids is 1. The Bertz CT molecular complexity index is 309. The van der Waals surface area contributed by atoms with E-state index in [0.29, 0.717) is 6.54 Å². The number of hydrogen-bond donors (Lipinski definition) is 2. The van der Waals surface area contributed by atoms with Crippen molar-refractivity contribution in [2.75, 3.05) is 20.1 Å². The van der Waals surface area contributed by atoms with Crippen molar-refractivity contribution in [2.45, 2.75) is 33.2 Å². The Labute approximate surface area is 102 Å². The summed E-state index contributed by atoms with van der Waals surface area (Å²) < 4.78 is 0. The molecule has 1 heterocycles. The van der Waals surface area contributed by atoms with E-state index in [4.69, 9.17) is 5.11 Å². The van der Waals surface area contributed by atoms with Crippen LogP contribution in [0.4, 0.5) is 0 Å². The average Bonchev–Trinajstić information content (AvgIpc) is 2.76. The second-order valence-corrected chi connectivity index (χ2v) is 5.17. The van der Waals surface area contributed by atoms with Crippen LogP contribution in [0.2, 0.25) is 0 Å². The lowest BCUT2D eigenvalue weighted by molar-refractivity contribution is -0.154. The summed E-state index contributed by atoms with van der Waals surface area (Å²) in [6.45, 7) is 7.03. The van der Waals surface area contributed by atoms with E-state index in [1.807, 2.05) is 13.8 Å². The van der Waals surface area contributed by atoms with Crippen molar-refractivity contribution in [1.29, 1.82) is 0 Å². The summed E-state index contributed by atoms with van der Waals surface area (Å²) in [6.07, 6.45) is 0.778. The normalized spacial score (nSPS) is 25.9. The van der Waals surface area contributed by atoms with Crippen molar-refractivity contribution in [3.05, 3.63) is 0 Å². The molecule has 5 heteroatoms. The Hall–Kier alpha value is -1.10. The molecule has 2 atom stereocenters. The van der Waals surface area contributed by atoms with Gasteiger partial charge in [0.15, 0.2) is 0 Å². The number of amides is 1. The molecule has 2 N–H and O–H groups in total. The first-order valence-corrected chi connectivity index (χ1v) is 6.03. The highest BCUT2D eigenvalue weighted by molar-refractivity contribution is 5.87. The second-order valence-electron chi connectivity index (χ2n) is 5.17. The van der Waals surface area contributed by atoms with Crippen molar-refractivity contribution in [1.82, 2.24) is 10.2 Å². The van der Waals surface area contributed by atoms with Gasteiger partial charge in [0.1, 0.15) is 6.04 Å². The van der Waals surface area contributed by atoms with E-state index in [0.717, 1.165) is 13.0 Å². The highest BCUT2D eigenvalue weighted by atomic mass is 16.4. The standard InChI is InChI=1S/C12H22N2O3/c1-8(2)12(5-6-13-7-12)11(17)14(4)9(3)10(15)16/h8-9,13H,5-7H2,1-4H3,(H,15,16). The first kappa shape index (κ1) is 14.0. The van der Waals surface area contributed by atoms with E-state index in [-0.39, 0.29) is 11.8 Å². The average molecular weight is 242 g/mol. The number of nitrogens with one attached hydrogen (secondary N) is 1. The Morgan fingerprint density at radius 2 is 1.94 bits per heavy atom. The number of nitrogens with zero attached hydrogens (tertiary/aromatic N) is 1. The van der Waals surface area contributed by atoms with Gasteiger partial charge in [0.2, 0.25) is 5.91 Å². The molecule has 0 aliphatic carbocycles. The Balaban J connectivity index is 2.89. The first-order chi connectivity index (χ1) is 7.83. The molecule has 2 unspecified atom stereocenters. The smallest absolute Gasteiger partial charge is 0.326 e. The third kappa shape index (κ3) is 2.44. The molecule has 0 aromatic heterocycles. The van der Waals surface area contributed by atoms with Crippen LogP contribution in [0, 0.1) is 11.3 Å². The molecule has 1 saturated heterocycles. The largest absolute Gasteiger partial charge is 0.480 e. The summed E-state index contributed by atoms with van der Waals surface area (Å²) in [4.78, 5) is 24.8. The molecule has 0 aromatic carbocycles. The molecular weight excluding hydrogens is 220 g/mol. The van der Waals surface area contributed by atoms with Gasteiger partial charge in [-0.2, -0.15) is 0 Å².